The van der Waals surface area contributed by atoms with E-state index >= 15 is 0 Å². The largest absolute Gasteiger partial charge is 0.472 e. The fraction of sp³-hybridized carbons (Fsp3) is 0.421. The van der Waals surface area contributed by atoms with E-state index in [0.29, 0.717) is 24.7 Å². The van der Waals surface area contributed by atoms with Crippen molar-refractivity contribution in [1.29, 1.82) is 0 Å². The van der Waals surface area contributed by atoms with Gasteiger partial charge >= 0.3 is 0 Å². The first kappa shape index (κ1) is 16.7. The zero-order valence-electron chi connectivity index (χ0n) is 13.6. The summed E-state index contributed by atoms with van der Waals surface area (Å²) in [7, 11) is 0. The standard InChI is InChI=1S/C19H22FNO3/c20-18-3-1-2-16(12-18)13-23-10-6-15-4-8-21(9-5-15)19(22)17-7-11-24-14-17/h1-3,7,11-12,14-15H,4-6,8-10,13H2. The molecule has 0 radical (unpaired) electrons. The molecule has 5 heteroatoms. The number of nitrogens with zero attached hydrogens (tertiary/aromatic N) is 1. The molecule has 0 aliphatic carbocycles. The lowest BCUT2D eigenvalue weighted by Crippen LogP contribution is -2.38. The summed E-state index contributed by atoms with van der Waals surface area (Å²) in [4.78, 5) is 14.1. The first-order chi connectivity index (χ1) is 11.7. The monoisotopic (exact) mass is 331 g/mol. The van der Waals surface area contributed by atoms with E-state index in [1.54, 1.807) is 12.1 Å². The second kappa shape index (κ2) is 8.11. The van der Waals surface area contributed by atoms with Gasteiger partial charge < -0.3 is 14.1 Å². The molecule has 1 aliphatic heterocycles. The topological polar surface area (TPSA) is 42.7 Å². The number of hydrogen-bond donors (Lipinski definition) is 0. The first-order valence-electron chi connectivity index (χ1n) is 8.36. The maximum Gasteiger partial charge on any atom is 0.257 e. The Morgan fingerprint density at radius 2 is 2.12 bits per heavy atom. The van der Waals surface area contributed by atoms with Crippen LogP contribution in [-0.2, 0) is 11.3 Å². The Kier molecular flexibility index (Phi) is 5.64. The molecule has 1 aliphatic rings. The van der Waals surface area contributed by atoms with Crippen molar-refractivity contribution in [1.82, 2.24) is 4.90 Å². The molecule has 1 amide bonds. The highest BCUT2D eigenvalue weighted by Gasteiger charge is 2.23. The third-order valence-corrected chi connectivity index (χ3v) is 4.50. The minimum atomic E-state index is -0.231. The second-order valence-corrected chi connectivity index (χ2v) is 6.22. The van der Waals surface area contributed by atoms with Crippen LogP contribution in [0.4, 0.5) is 4.39 Å². The second-order valence-electron chi connectivity index (χ2n) is 6.22. The molecule has 0 saturated carbocycles. The number of carbonyl (C=O) groups is 1. The van der Waals surface area contributed by atoms with Crippen molar-refractivity contribution in [3.63, 3.8) is 0 Å². The number of halogens is 1. The molecule has 0 N–H and O–H groups in total. The SMILES string of the molecule is O=C(c1ccoc1)N1CCC(CCOCc2cccc(F)c2)CC1. The summed E-state index contributed by atoms with van der Waals surface area (Å²) in [5.74, 6) is 0.390. The van der Waals surface area contributed by atoms with Crippen molar-refractivity contribution in [2.24, 2.45) is 5.92 Å². The molecule has 0 atom stereocenters. The highest BCUT2D eigenvalue weighted by molar-refractivity contribution is 5.93. The van der Waals surface area contributed by atoms with Gasteiger partial charge in [0.2, 0.25) is 0 Å². The zero-order chi connectivity index (χ0) is 16.8. The van der Waals surface area contributed by atoms with E-state index in [1.165, 1.54) is 24.7 Å². The maximum absolute atomic E-state index is 13.1. The van der Waals surface area contributed by atoms with Crippen LogP contribution >= 0.6 is 0 Å². The Balaban J connectivity index is 1.34. The van der Waals surface area contributed by atoms with Crippen molar-refractivity contribution in [3.8, 4) is 0 Å². The molecule has 1 aromatic heterocycles. The summed E-state index contributed by atoms with van der Waals surface area (Å²) in [6.07, 6.45) is 5.98. The van der Waals surface area contributed by atoms with Gasteiger partial charge in [0, 0.05) is 19.7 Å². The number of likely N-dealkylation sites (tertiary alicyclic amines) is 1. The predicted octanol–water partition coefficient (Wildman–Crippen LogP) is 3.88. The Morgan fingerprint density at radius 1 is 1.29 bits per heavy atom. The Bertz CT molecular complexity index is 648. The number of benzene rings is 1. The smallest absolute Gasteiger partial charge is 0.257 e. The van der Waals surface area contributed by atoms with Gasteiger partial charge in [0.15, 0.2) is 0 Å². The number of ether oxygens (including phenoxy) is 1. The van der Waals surface area contributed by atoms with Gasteiger partial charge in [0.05, 0.1) is 18.4 Å². The molecule has 2 aromatic rings. The summed E-state index contributed by atoms with van der Waals surface area (Å²) >= 11 is 0. The van der Waals surface area contributed by atoms with Crippen molar-refractivity contribution in [2.75, 3.05) is 19.7 Å². The zero-order valence-corrected chi connectivity index (χ0v) is 13.6. The molecule has 24 heavy (non-hydrogen) atoms. The number of carbonyl (C=O) groups excluding carboxylic acids is 1. The van der Waals surface area contributed by atoms with Crippen LogP contribution in [-0.4, -0.2) is 30.5 Å². The highest BCUT2D eigenvalue weighted by atomic mass is 19.1. The van der Waals surface area contributed by atoms with E-state index in [4.69, 9.17) is 9.15 Å². The molecular formula is C19H22FNO3. The minimum absolute atomic E-state index is 0.0459. The van der Waals surface area contributed by atoms with Crippen LogP contribution in [0.15, 0.2) is 47.3 Å². The lowest BCUT2D eigenvalue weighted by atomic mass is 9.93. The van der Waals surface area contributed by atoms with Crippen LogP contribution in [0.2, 0.25) is 0 Å². The van der Waals surface area contributed by atoms with Gasteiger partial charge in [0.1, 0.15) is 12.1 Å². The molecule has 0 bridgehead atoms. The fourth-order valence-electron chi connectivity index (χ4n) is 3.06. The number of hydrogen-bond acceptors (Lipinski definition) is 3. The number of rotatable bonds is 6. The van der Waals surface area contributed by atoms with E-state index in [1.807, 2.05) is 11.0 Å². The molecule has 2 heterocycles. The van der Waals surface area contributed by atoms with Gasteiger partial charge in [0.25, 0.3) is 5.91 Å². The lowest BCUT2D eigenvalue weighted by molar-refractivity contribution is 0.0638. The van der Waals surface area contributed by atoms with E-state index < -0.39 is 0 Å². The molecule has 128 valence electrons. The van der Waals surface area contributed by atoms with Crippen molar-refractivity contribution in [2.45, 2.75) is 25.9 Å². The minimum Gasteiger partial charge on any atom is -0.472 e. The van der Waals surface area contributed by atoms with E-state index in [-0.39, 0.29) is 11.7 Å². The highest BCUT2D eigenvalue weighted by Crippen LogP contribution is 2.22. The van der Waals surface area contributed by atoms with E-state index in [2.05, 4.69) is 0 Å². The molecule has 1 fully saturated rings. The number of piperidine rings is 1. The number of furan rings is 1. The summed E-state index contributed by atoms with van der Waals surface area (Å²) in [6.45, 7) is 2.66. The maximum atomic E-state index is 13.1. The summed E-state index contributed by atoms with van der Waals surface area (Å²) in [5, 5.41) is 0. The van der Waals surface area contributed by atoms with Crippen LogP contribution in [0.5, 0.6) is 0 Å². The van der Waals surface area contributed by atoms with Crippen LogP contribution < -0.4 is 0 Å². The molecule has 1 aromatic carbocycles. The Hall–Kier alpha value is -2.14. The van der Waals surface area contributed by atoms with Gasteiger partial charge in [-0.1, -0.05) is 12.1 Å². The fourth-order valence-corrected chi connectivity index (χ4v) is 3.06. The quantitative estimate of drug-likeness (QED) is 0.755. The molecule has 4 nitrogen and oxygen atoms in total. The molecule has 3 rings (SSSR count). The van der Waals surface area contributed by atoms with Crippen molar-refractivity contribution >= 4 is 5.91 Å². The van der Waals surface area contributed by atoms with Gasteiger partial charge in [-0.3, -0.25) is 4.79 Å². The third-order valence-electron chi connectivity index (χ3n) is 4.50. The summed E-state index contributed by atoms with van der Waals surface area (Å²) in [5.41, 5.74) is 1.47. The number of amides is 1. The normalized spacial score (nSPS) is 15.6. The molecule has 1 saturated heterocycles. The van der Waals surface area contributed by atoms with Crippen LogP contribution in [0.1, 0.15) is 35.2 Å². The van der Waals surface area contributed by atoms with Gasteiger partial charge in [-0.2, -0.15) is 0 Å². The van der Waals surface area contributed by atoms with Crippen LogP contribution in [0.25, 0.3) is 0 Å². The van der Waals surface area contributed by atoms with E-state index in [9.17, 15) is 9.18 Å². The van der Waals surface area contributed by atoms with Gasteiger partial charge in [-0.15, -0.1) is 0 Å². The summed E-state index contributed by atoms with van der Waals surface area (Å²) in [6, 6.07) is 8.20. The van der Waals surface area contributed by atoms with Gasteiger partial charge in [-0.05, 0) is 48.9 Å². The van der Waals surface area contributed by atoms with Gasteiger partial charge in [-0.25, -0.2) is 4.39 Å². The van der Waals surface area contributed by atoms with Crippen molar-refractivity contribution < 1.29 is 18.3 Å². The van der Waals surface area contributed by atoms with Crippen LogP contribution in [0, 0.1) is 11.7 Å². The Morgan fingerprint density at radius 3 is 2.83 bits per heavy atom. The molecule has 0 spiro atoms. The van der Waals surface area contributed by atoms with E-state index in [0.717, 1.165) is 37.9 Å². The third kappa shape index (κ3) is 4.45. The average Bonchev–Trinajstić information content (AvgIpc) is 3.13. The predicted molar refractivity (Wildman–Crippen MR) is 88.0 cm³/mol. The van der Waals surface area contributed by atoms with Crippen molar-refractivity contribution in [3.05, 3.63) is 59.8 Å². The first-order valence-corrected chi connectivity index (χ1v) is 8.36. The molecule has 0 unspecified atom stereocenters. The average molecular weight is 331 g/mol. The lowest BCUT2D eigenvalue weighted by Gasteiger charge is -2.31. The Labute approximate surface area is 141 Å². The molecular weight excluding hydrogens is 309 g/mol. The van der Waals surface area contributed by atoms with Crippen LogP contribution in [0.3, 0.4) is 0 Å². The summed E-state index contributed by atoms with van der Waals surface area (Å²) < 4.78 is 23.7.